The summed E-state index contributed by atoms with van der Waals surface area (Å²) in [5.74, 6) is 0. The number of rotatable bonds is 5. The zero-order chi connectivity index (χ0) is 12.2. The average molecular weight is 260 g/mol. The second kappa shape index (κ2) is 5.86. The molecule has 0 spiro atoms. The second-order valence-electron chi connectivity index (χ2n) is 2.81. The molecule has 9 heteroatoms. The Morgan fingerprint density at radius 2 is 1.87 bits per heavy atom. The van der Waals surface area contributed by atoms with E-state index in [0.29, 0.717) is 0 Å². The van der Waals surface area contributed by atoms with Gasteiger partial charge in [-0.1, -0.05) is 6.92 Å². The summed E-state index contributed by atoms with van der Waals surface area (Å²) in [7, 11) is -4.85. The number of hydrogen-bond donors (Lipinski definition) is 5. The summed E-state index contributed by atoms with van der Waals surface area (Å²) in [6, 6.07) is 0. The van der Waals surface area contributed by atoms with Crippen molar-refractivity contribution in [3.8, 4) is 0 Å². The maximum atomic E-state index is 10.3. The Morgan fingerprint density at radius 1 is 1.40 bits per heavy atom. The third kappa shape index (κ3) is 5.53. The molecule has 0 aliphatic carbocycles. The number of hydrogen-bond acceptors (Lipinski definition) is 6. The molecule has 90 valence electrons. The van der Waals surface area contributed by atoms with Crippen LogP contribution in [-0.2, 0) is 9.09 Å². The fraction of sp³-hybridized carbons (Fsp3) is 0.833. The quantitative estimate of drug-likeness (QED) is 0.312. The first-order valence-corrected chi connectivity index (χ1v) is 5.96. The second-order valence-corrected chi connectivity index (χ2v) is 4.38. The number of aliphatic hydroxyl groups is 3. The Kier molecular flexibility index (Phi) is 5.82. The van der Waals surface area contributed by atoms with Gasteiger partial charge in [0.2, 0.25) is 5.05 Å². The number of thiocarbonyl (C=S) groups is 1. The first-order chi connectivity index (χ1) is 6.69. The predicted molar refractivity (Wildman–Crippen MR) is 54.0 cm³/mol. The van der Waals surface area contributed by atoms with E-state index in [2.05, 4.69) is 16.7 Å². The van der Waals surface area contributed by atoms with E-state index in [1.54, 1.807) is 6.92 Å². The summed E-state index contributed by atoms with van der Waals surface area (Å²) in [6.45, 7) is 1.55. The maximum Gasteiger partial charge on any atom is 0.525 e. The molecule has 3 atom stereocenters. The van der Waals surface area contributed by atoms with E-state index in [-0.39, 0.29) is 6.42 Å². The molecule has 0 saturated carbocycles. The lowest BCUT2D eigenvalue weighted by Gasteiger charge is -2.22. The molecular formula is C6H13O7PS. The van der Waals surface area contributed by atoms with Crippen LogP contribution in [0.3, 0.4) is 0 Å². The Morgan fingerprint density at radius 3 is 2.20 bits per heavy atom. The van der Waals surface area contributed by atoms with Crippen molar-refractivity contribution in [3.63, 3.8) is 0 Å². The molecule has 0 unspecified atom stereocenters. The summed E-state index contributed by atoms with van der Waals surface area (Å²) in [4.78, 5) is 16.7. The maximum absolute atomic E-state index is 10.3. The van der Waals surface area contributed by atoms with Crippen molar-refractivity contribution in [1.29, 1.82) is 0 Å². The topological polar surface area (TPSA) is 127 Å². The van der Waals surface area contributed by atoms with E-state index in [4.69, 9.17) is 14.9 Å². The van der Waals surface area contributed by atoms with Gasteiger partial charge in [0, 0.05) is 0 Å². The van der Waals surface area contributed by atoms with Gasteiger partial charge in [-0.25, -0.2) is 4.57 Å². The summed E-state index contributed by atoms with van der Waals surface area (Å²) in [6.07, 6.45) is -4.58. The van der Waals surface area contributed by atoms with Gasteiger partial charge < -0.3 is 19.8 Å². The zero-order valence-electron chi connectivity index (χ0n) is 7.85. The highest BCUT2D eigenvalue weighted by atomic mass is 32.1. The van der Waals surface area contributed by atoms with Gasteiger partial charge in [-0.05, 0) is 18.6 Å². The molecule has 0 aromatic carbocycles. The molecule has 15 heavy (non-hydrogen) atoms. The van der Waals surface area contributed by atoms with Crippen molar-refractivity contribution in [3.05, 3.63) is 0 Å². The van der Waals surface area contributed by atoms with Crippen molar-refractivity contribution in [2.45, 2.75) is 31.7 Å². The average Bonchev–Trinajstić information content (AvgIpc) is 2.11. The van der Waals surface area contributed by atoms with Crippen LogP contribution in [0.5, 0.6) is 0 Å². The van der Waals surface area contributed by atoms with Crippen LogP contribution in [0.25, 0.3) is 0 Å². The van der Waals surface area contributed by atoms with Crippen molar-refractivity contribution < 1.29 is 34.2 Å². The largest absolute Gasteiger partial charge is 0.525 e. The van der Waals surface area contributed by atoms with Crippen LogP contribution in [-0.4, -0.2) is 48.5 Å². The van der Waals surface area contributed by atoms with Gasteiger partial charge in [-0.15, -0.1) is 0 Å². The Labute approximate surface area is 91.6 Å². The van der Waals surface area contributed by atoms with E-state index in [1.165, 1.54) is 0 Å². The van der Waals surface area contributed by atoms with Crippen molar-refractivity contribution in [2.24, 2.45) is 0 Å². The third-order valence-corrected chi connectivity index (χ3v) is 2.47. The van der Waals surface area contributed by atoms with E-state index in [9.17, 15) is 14.8 Å². The molecule has 5 N–H and O–H groups in total. The molecule has 0 radical (unpaired) electrons. The van der Waals surface area contributed by atoms with Gasteiger partial charge in [0.05, 0.1) is 6.10 Å². The molecule has 0 bridgehead atoms. The molecule has 0 aromatic rings. The number of aliphatic hydroxyl groups excluding tert-OH is 3. The molecule has 0 fully saturated rings. The standard InChI is InChI=1S/C6H13O7PS/c1-2-3(7)4(8)5(9)6(15)13-14(10,11)12/h3-5,7-9H,2H2,1H3,(H2,10,11,12)/t3-,4-,5-/m1/s1. The highest BCUT2D eigenvalue weighted by Gasteiger charge is 2.31. The molecule has 0 aliphatic rings. The minimum Gasteiger partial charge on any atom is -0.394 e. The van der Waals surface area contributed by atoms with Gasteiger partial charge in [0.1, 0.15) is 6.10 Å². The minimum atomic E-state index is -4.85. The zero-order valence-corrected chi connectivity index (χ0v) is 9.56. The highest BCUT2D eigenvalue weighted by Crippen LogP contribution is 2.36. The van der Waals surface area contributed by atoms with Gasteiger partial charge >= 0.3 is 7.82 Å². The van der Waals surface area contributed by atoms with Crippen molar-refractivity contribution in [2.75, 3.05) is 0 Å². The molecular weight excluding hydrogens is 247 g/mol. The number of phosphoric acid groups is 1. The van der Waals surface area contributed by atoms with Crippen molar-refractivity contribution >= 4 is 25.1 Å². The predicted octanol–water partition coefficient (Wildman–Crippen LogP) is -1.08. The van der Waals surface area contributed by atoms with Gasteiger partial charge in [0.15, 0.2) is 6.10 Å². The van der Waals surface area contributed by atoms with Gasteiger partial charge in [-0.2, -0.15) is 0 Å². The summed E-state index contributed by atoms with van der Waals surface area (Å²) in [5, 5.41) is 26.7. The van der Waals surface area contributed by atoms with Crippen LogP contribution in [0.15, 0.2) is 0 Å². The monoisotopic (exact) mass is 260 g/mol. The normalized spacial score (nSPS) is 18.0. The van der Waals surface area contributed by atoms with Crippen LogP contribution < -0.4 is 0 Å². The molecule has 0 rings (SSSR count). The Hall–Kier alpha value is -0.0800. The molecule has 0 saturated heterocycles. The molecule has 0 aliphatic heterocycles. The van der Waals surface area contributed by atoms with E-state index in [1.807, 2.05) is 0 Å². The van der Waals surface area contributed by atoms with Gasteiger partial charge in [0.25, 0.3) is 0 Å². The summed E-state index contributed by atoms with van der Waals surface area (Å²) < 4.78 is 14.2. The number of phosphoric ester groups is 1. The van der Waals surface area contributed by atoms with Crippen LogP contribution in [0.1, 0.15) is 13.3 Å². The molecule has 0 heterocycles. The van der Waals surface area contributed by atoms with E-state index >= 15 is 0 Å². The first kappa shape index (κ1) is 14.9. The summed E-state index contributed by atoms with van der Waals surface area (Å²) >= 11 is 4.33. The lowest BCUT2D eigenvalue weighted by Crippen LogP contribution is -2.41. The van der Waals surface area contributed by atoms with Gasteiger partial charge in [-0.3, -0.25) is 9.79 Å². The van der Waals surface area contributed by atoms with Crippen LogP contribution in [0.4, 0.5) is 0 Å². The highest BCUT2D eigenvalue weighted by molar-refractivity contribution is 7.80. The molecule has 7 nitrogen and oxygen atoms in total. The SMILES string of the molecule is CC[C@@H](O)[C@@H](O)[C@@H](O)C(=S)OP(=O)(O)O. The van der Waals surface area contributed by atoms with E-state index in [0.717, 1.165) is 0 Å². The minimum absolute atomic E-state index is 0.150. The third-order valence-electron chi connectivity index (χ3n) is 1.59. The van der Waals surface area contributed by atoms with Crippen molar-refractivity contribution in [1.82, 2.24) is 0 Å². The first-order valence-electron chi connectivity index (χ1n) is 4.02. The Balaban J connectivity index is 4.38. The van der Waals surface area contributed by atoms with Crippen LogP contribution >= 0.6 is 20.0 Å². The van der Waals surface area contributed by atoms with Crippen LogP contribution in [0.2, 0.25) is 0 Å². The fourth-order valence-corrected chi connectivity index (χ4v) is 1.54. The molecule has 0 amide bonds. The smallest absolute Gasteiger partial charge is 0.394 e. The van der Waals surface area contributed by atoms with E-state index < -0.39 is 31.2 Å². The lowest BCUT2D eigenvalue weighted by atomic mass is 10.1. The summed E-state index contributed by atoms with van der Waals surface area (Å²) in [5.41, 5.74) is 0. The Bertz CT molecular complexity index is 264. The fourth-order valence-electron chi connectivity index (χ4n) is 0.763. The lowest BCUT2D eigenvalue weighted by molar-refractivity contribution is -0.0387. The van der Waals surface area contributed by atoms with Crippen LogP contribution in [0, 0.1) is 0 Å². The molecule has 0 aromatic heterocycles.